The molecule has 1 aliphatic heterocycles. The molecule has 2 aromatic rings. The Balaban J connectivity index is 1.94. The van der Waals surface area contributed by atoms with Crippen LogP contribution < -0.4 is 9.64 Å². The molecule has 2 amide bonds. The highest BCUT2D eigenvalue weighted by Crippen LogP contribution is 2.31. The summed E-state index contributed by atoms with van der Waals surface area (Å²) in [6.45, 7) is 5.80. The van der Waals surface area contributed by atoms with Crippen LogP contribution in [0.4, 0.5) is 10.5 Å². The molecule has 0 aromatic heterocycles. The first-order valence-electron chi connectivity index (χ1n) is 13.0. The number of benzene rings is 2. The van der Waals surface area contributed by atoms with Crippen LogP contribution in [-0.4, -0.2) is 74.9 Å². The molecule has 0 unspecified atom stereocenters. The number of sulfonamides is 1. The van der Waals surface area contributed by atoms with Gasteiger partial charge in [-0.3, -0.25) is 9.69 Å². The summed E-state index contributed by atoms with van der Waals surface area (Å²) in [5.74, 6) is -0.862. The van der Waals surface area contributed by atoms with E-state index in [0.717, 1.165) is 12.0 Å². The van der Waals surface area contributed by atoms with Crippen molar-refractivity contribution >= 4 is 33.7 Å². The number of unbranched alkanes of at least 4 members (excludes halogenated alkanes) is 1. The Morgan fingerprint density at radius 1 is 1.05 bits per heavy atom. The average Bonchev–Trinajstić information content (AvgIpc) is 3.41. The molecule has 2 atom stereocenters. The van der Waals surface area contributed by atoms with Gasteiger partial charge in [-0.2, -0.15) is 4.31 Å². The standard InChI is InChI=1S/C28H37N3O7S/c1-6-7-19-37-27(33)21(3)31(22-12-14-23(15-13-22)38-28(34)29(4)5)26(32)25-9-8-18-30(25)39(35,36)24-16-10-20(2)11-17-24/h10-17,21,25H,6-9,18-19H2,1-5H3/t21-,25-/m0/s1. The van der Waals surface area contributed by atoms with E-state index >= 15 is 0 Å². The van der Waals surface area contributed by atoms with Gasteiger partial charge in [0.2, 0.25) is 15.9 Å². The summed E-state index contributed by atoms with van der Waals surface area (Å²) in [4.78, 5) is 41.6. The van der Waals surface area contributed by atoms with Gasteiger partial charge in [0.15, 0.2) is 0 Å². The Labute approximate surface area is 230 Å². The molecular formula is C28H37N3O7S. The van der Waals surface area contributed by atoms with Gasteiger partial charge in [0.25, 0.3) is 0 Å². The molecule has 212 valence electrons. The van der Waals surface area contributed by atoms with Crippen LogP contribution in [0.25, 0.3) is 0 Å². The van der Waals surface area contributed by atoms with Gasteiger partial charge in [0.05, 0.1) is 11.5 Å². The van der Waals surface area contributed by atoms with E-state index < -0.39 is 40.1 Å². The molecule has 1 aliphatic rings. The van der Waals surface area contributed by atoms with Crippen molar-refractivity contribution in [2.24, 2.45) is 0 Å². The third-order valence-electron chi connectivity index (χ3n) is 6.51. The van der Waals surface area contributed by atoms with Crippen LogP contribution in [-0.2, 0) is 24.3 Å². The number of anilines is 1. The quantitative estimate of drug-likeness (QED) is 0.320. The maximum atomic E-state index is 14.0. The maximum absolute atomic E-state index is 14.0. The van der Waals surface area contributed by atoms with Crippen LogP contribution in [0.15, 0.2) is 53.4 Å². The lowest BCUT2D eigenvalue weighted by Crippen LogP contribution is -2.53. The van der Waals surface area contributed by atoms with Crippen LogP contribution in [0.5, 0.6) is 5.75 Å². The number of nitrogens with zero attached hydrogens (tertiary/aromatic N) is 3. The Bertz CT molecular complexity index is 1260. The number of hydrogen-bond donors (Lipinski definition) is 0. The van der Waals surface area contributed by atoms with Gasteiger partial charge in [0, 0.05) is 26.3 Å². The lowest BCUT2D eigenvalue weighted by atomic mass is 10.1. The van der Waals surface area contributed by atoms with Crippen molar-refractivity contribution in [2.45, 2.75) is 63.4 Å². The molecule has 1 heterocycles. The summed E-state index contributed by atoms with van der Waals surface area (Å²) in [6, 6.07) is 10.6. The van der Waals surface area contributed by atoms with Gasteiger partial charge in [0.1, 0.15) is 17.8 Å². The van der Waals surface area contributed by atoms with Crippen LogP contribution in [0.3, 0.4) is 0 Å². The predicted octanol–water partition coefficient (Wildman–Crippen LogP) is 3.97. The van der Waals surface area contributed by atoms with Crippen molar-refractivity contribution in [1.82, 2.24) is 9.21 Å². The summed E-state index contributed by atoms with van der Waals surface area (Å²) < 4.78 is 38.9. The van der Waals surface area contributed by atoms with E-state index in [0.29, 0.717) is 24.9 Å². The number of rotatable bonds is 10. The minimum Gasteiger partial charge on any atom is -0.464 e. The minimum absolute atomic E-state index is 0.110. The fourth-order valence-electron chi connectivity index (χ4n) is 4.23. The third kappa shape index (κ3) is 7.15. The lowest BCUT2D eigenvalue weighted by molar-refractivity contribution is -0.146. The maximum Gasteiger partial charge on any atom is 0.414 e. The van der Waals surface area contributed by atoms with Crippen molar-refractivity contribution in [3.05, 3.63) is 54.1 Å². The van der Waals surface area contributed by atoms with Crippen LogP contribution in [0.2, 0.25) is 0 Å². The second kappa shape index (κ2) is 13.1. The van der Waals surface area contributed by atoms with E-state index in [9.17, 15) is 22.8 Å². The van der Waals surface area contributed by atoms with Gasteiger partial charge in [-0.25, -0.2) is 18.0 Å². The number of esters is 1. The molecular weight excluding hydrogens is 522 g/mol. The fourth-order valence-corrected chi connectivity index (χ4v) is 5.88. The molecule has 10 nitrogen and oxygen atoms in total. The molecule has 3 rings (SSSR count). The van der Waals surface area contributed by atoms with E-state index in [4.69, 9.17) is 9.47 Å². The number of carbonyl (C=O) groups excluding carboxylic acids is 3. The smallest absolute Gasteiger partial charge is 0.414 e. The first kappa shape index (κ1) is 30.1. The predicted molar refractivity (Wildman–Crippen MR) is 147 cm³/mol. The molecule has 0 saturated carbocycles. The van der Waals surface area contributed by atoms with E-state index in [1.165, 1.54) is 38.4 Å². The van der Waals surface area contributed by atoms with Gasteiger partial charge in [-0.15, -0.1) is 0 Å². The summed E-state index contributed by atoms with van der Waals surface area (Å²) in [5.41, 5.74) is 1.27. The fraction of sp³-hybridized carbons (Fsp3) is 0.464. The Kier molecular flexibility index (Phi) is 10.1. The van der Waals surface area contributed by atoms with E-state index in [2.05, 4.69) is 0 Å². The SMILES string of the molecule is CCCCOC(=O)[C@H](C)N(C(=O)[C@@H]1CCCN1S(=O)(=O)c1ccc(C)cc1)c1ccc(OC(=O)N(C)C)cc1. The number of hydrogen-bond acceptors (Lipinski definition) is 7. The van der Waals surface area contributed by atoms with Crippen molar-refractivity contribution in [3.8, 4) is 5.75 Å². The highest BCUT2D eigenvalue weighted by molar-refractivity contribution is 7.89. The van der Waals surface area contributed by atoms with Crippen LogP contribution >= 0.6 is 0 Å². The number of amides is 2. The summed E-state index contributed by atoms with van der Waals surface area (Å²) >= 11 is 0. The Hall–Kier alpha value is -3.44. The lowest BCUT2D eigenvalue weighted by Gasteiger charge is -2.33. The largest absolute Gasteiger partial charge is 0.464 e. The van der Waals surface area contributed by atoms with Crippen LogP contribution in [0.1, 0.15) is 45.1 Å². The molecule has 0 N–H and O–H groups in total. The number of ether oxygens (including phenoxy) is 2. The third-order valence-corrected chi connectivity index (χ3v) is 8.43. The van der Waals surface area contributed by atoms with E-state index in [1.807, 2.05) is 13.8 Å². The van der Waals surface area contributed by atoms with Crippen molar-refractivity contribution in [3.63, 3.8) is 0 Å². The zero-order valence-electron chi connectivity index (χ0n) is 23.1. The summed E-state index contributed by atoms with van der Waals surface area (Å²) in [6.07, 6.45) is 1.78. The highest BCUT2D eigenvalue weighted by Gasteiger charge is 2.43. The molecule has 0 radical (unpaired) electrons. The molecule has 1 saturated heterocycles. The van der Waals surface area contributed by atoms with Gasteiger partial charge < -0.3 is 14.4 Å². The monoisotopic (exact) mass is 559 g/mol. The highest BCUT2D eigenvalue weighted by atomic mass is 32.2. The van der Waals surface area contributed by atoms with Gasteiger partial charge in [-0.05, 0) is 69.5 Å². The molecule has 0 aliphatic carbocycles. The van der Waals surface area contributed by atoms with Crippen molar-refractivity contribution in [2.75, 3.05) is 32.1 Å². The number of carbonyl (C=O) groups is 3. The molecule has 39 heavy (non-hydrogen) atoms. The average molecular weight is 560 g/mol. The first-order valence-corrected chi connectivity index (χ1v) is 14.5. The zero-order valence-corrected chi connectivity index (χ0v) is 23.9. The molecule has 2 aromatic carbocycles. The summed E-state index contributed by atoms with van der Waals surface area (Å²) in [5, 5.41) is 0. The van der Waals surface area contributed by atoms with E-state index in [-0.39, 0.29) is 23.8 Å². The second-order valence-electron chi connectivity index (χ2n) is 9.75. The van der Waals surface area contributed by atoms with E-state index in [1.54, 1.807) is 45.3 Å². The molecule has 0 bridgehead atoms. The number of aryl methyl sites for hydroxylation is 1. The normalized spacial score (nSPS) is 16.4. The molecule has 1 fully saturated rings. The Morgan fingerprint density at radius 2 is 1.69 bits per heavy atom. The first-order chi connectivity index (χ1) is 18.5. The van der Waals surface area contributed by atoms with Gasteiger partial charge in [-0.1, -0.05) is 31.0 Å². The van der Waals surface area contributed by atoms with Gasteiger partial charge >= 0.3 is 12.1 Å². The topological polar surface area (TPSA) is 114 Å². The Morgan fingerprint density at radius 3 is 2.28 bits per heavy atom. The summed E-state index contributed by atoms with van der Waals surface area (Å²) in [7, 11) is -0.837. The molecule has 11 heteroatoms. The van der Waals surface area contributed by atoms with Crippen molar-refractivity contribution < 1.29 is 32.3 Å². The van der Waals surface area contributed by atoms with Crippen LogP contribution in [0, 0.1) is 6.92 Å². The molecule has 0 spiro atoms. The second-order valence-corrected chi connectivity index (χ2v) is 11.6. The minimum atomic E-state index is -3.95. The zero-order chi connectivity index (χ0) is 28.7. The van der Waals surface area contributed by atoms with Crippen molar-refractivity contribution in [1.29, 1.82) is 0 Å².